The molecule has 0 fully saturated rings. The minimum Gasteiger partial charge on any atom is -0.264 e. The highest BCUT2D eigenvalue weighted by Crippen LogP contribution is 2.33. The second kappa shape index (κ2) is 5.61. The smallest absolute Gasteiger partial charge is 0.264 e. The highest BCUT2D eigenvalue weighted by molar-refractivity contribution is 5.25. The number of rotatable bonds is 3. The van der Waals surface area contributed by atoms with Gasteiger partial charge in [-0.1, -0.05) is 26.0 Å². The molecule has 0 aliphatic carbocycles. The highest BCUT2D eigenvalue weighted by atomic mass is 19.4. The van der Waals surface area contributed by atoms with Gasteiger partial charge in [-0.05, 0) is 35.1 Å². The van der Waals surface area contributed by atoms with Crippen LogP contribution in [0.25, 0.3) is 0 Å². The SMILES string of the molecule is CC(c1cccnc1)C(C)c1ccc(C(F)(F)F)nc1. The molecule has 0 aromatic carbocycles. The van der Waals surface area contributed by atoms with Gasteiger partial charge in [-0.25, -0.2) is 0 Å². The summed E-state index contributed by atoms with van der Waals surface area (Å²) in [5.74, 6) is 0.219. The number of hydrogen-bond donors (Lipinski definition) is 0. The van der Waals surface area contributed by atoms with Crippen LogP contribution < -0.4 is 0 Å². The fourth-order valence-corrected chi connectivity index (χ4v) is 2.07. The molecule has 2 atom stereocenters. The molecular formula is C15H15F3N2. The topological polar surface area (TPSA) is 25.8 Å². The van der Waals surface area contributed by atoms with E-state index < -0.39 is 11.9 Å². The third-order valence-corrected chi connectivity index (χ3v) is 3.56. The van der Waals surface area contributed by atoms with Gasteiger partial charge < -0.3 is 0 Å². The molecule has 2 rings (SSSR count). The first kappa shape index (κ1) is 14.5. The Bertz CT molecular complexity index is 550. The molecule has 2 aromatic rings. The van der Waals surface area contributed by atoms with Crippen molar-refractivity contribution in [1.29, 1.82) is 0 Å². The average molecular weight is 280 g/mol. The third-order valence-electron chi connectivity index (χ3n) is 3.56. The number of pyridine rings is 2. The van der Waals surface area contributed by atoms with Crippen molar-refractivity contribution < 1.29 is 13.2 Å². The predicted octanol–water partition coefficient (Wildman–Crippen LogP) is 4.40. The largest absolute Gasteiger partial charge is 0.433 e. The van der Waals surface area contributed by atoms with E-state index in [9.17, 15) is 13.2 Å². The lowest BCUT2D eigenvalue weighted by atomic mass is 9.85. The van der Waals surface area contributed by atoms with Crippen molar-refractivity contribution in [3.8, 4) is 0 Å². The van der Waals surface area contributed by atoms with E-state index in [-0.39, 0.29) is 11.8 Å². The summed E-state index contributed by atoms with van der Waals surface area (Å²) in [5, 5.41) is 0. The molecule has 0 radical (unpaired) electrons. The van der Waals surface area contributed by atoms with E-state index in [2.05, 4.69) is 9.97 Å². The Kier molecular flexibility index (Phi) is 4.06. The quantitative estimate of drug-likeness (QED) is 0.832. The highest BCUT2D eigenvalue weighted by Gasteiger charge is 2.32. The summed E-state index contributed by atoms with van der Waals surface area (Å²) in [6.07, 6.45) is 0.385. The predicted molar refractivity (Wildman–Crippen MR) is 70.3 cm³/mol. The maximum atomic E-state index is 12.5. The number of aromatic nitrogens is 2. The summed E-state index contributed by atoms with van der Waals surface area (Å²) in [4.78, 5) is 7.57. The molecule has 0 amide bonds. The van der Waals surface area contributed by atoms with E-state index in [4.69, 9.17) is 0 Å². The van der Waals surface area contributed by atoms with Crippen LogP contribution in [-0.2, 0) is 6.18 Å². The molecule has 2 heterocycles. The number of alkyl halides is 3. The van der Waals surface area contributed by atoms with E-state index in [1.807, 2.05) is 26.0 Å². The number of nitrogens with zero attached hydrogens (tertiary/aromatic N) is 2. The molecule has 20 heavy (non-hydrogen) atoms. The van der Waals surface area contributed by atoms with Crippen molar-refractivity contribution in [3.05, 3.63) is 59.7 Å². The standard InChI is InChI=1S/C15H15F3N2/c1-10(12-4-3-7-19-8-12)11(2)13-5-6-14(20-9-13)15(16,17)18/h3-11H,1-2H3. The Morgan fingerprint density at radius 2 is 1.60 bits per heavy atom. The molecule has 5 heteroatoms. The fraction of sp³-hybridized carbons (Fsp3) is 0.333. The minimum atomic E-state index is -4.39. The Hall–Kier alpha value is -1.91. The van der Waals surface area contributed by atoms with E-state index in [0.717, 1.165) is 17.2 Å². The van der Waals surface area contributed by atoms with Gasteiger partial charge in [0.15, 0.2) is 0 Å². The van der Waals surface area contributed by atoms with Crippen LogP contribution in [0.15, 0.2) is 42.9 Å². The zero-order valence-corrected chi connectivity index (χ0v) is 11.2. The number of hydrogen-bond acceptors (Lipinski definition) is 2. The summed E-state index contributed by atoms with van der Waals surface area (Å²) >= 11 is 0. The van der Waals surface area contributed by atoms with Crippen LogP contribution in [0.1, 0.15) is 42.5 Å². The molecule has 106 valence electrons. The normalized spacial score (nSPS) is 14.8. The molecule has 0 aliphatic heterocycles. The van der Waals surface area contributed by atoms with Gasteiger partial charge >= 0.3 is 6.18 Å². The molecule has 2 nitrogen and oxygen atoms in total. The van der Waals surface area contributed by atoms with Crippen molar-refractivity contribution in [2.45, 2.75) is 31.9 Å². The molecule has 0 spiro atoms. The lowest BCUT2D eigenvalue weighted by Crippen LogP contribution is -2.10. The van der Waals surface area contributed by atoms with Gasteiger partial charge in [-0.2, -0.15) is 13.2 Å². The summed E-state index contributed by atoms with van der Waals surface area (Å²) in [7, 11) is 0. The summed E-state index contributed by atoms with van der Waals surface area (Å²) in [6, 6.07) is 6.34. The zero-order valence-electron chi connectivity index (χ0n) is 11.2. The summed E-state index contributed by atoms with van der Waals surface area (Å²) in [6.45, 7) is 4.00. The van der Waals surface area contributed by atoms with Gasteiger partial charge in [0.05, 0.1) is 0 Å². The van der Waals surface area contributed by atoms with Gasteiger partial charge in [-0.15, -0.1) is 0 Å². The monoisotopic (exact) mass is 280 g/mol. The first-order valence-electron chi connectivity index (χ1n) is 6.32. The van der Waals surface area contributed by atoms with Crippen molar-refractivity contribution in [3.63, 3.8) is 0 Å². The summed E-state index contributed by atoms with van der Waals surface area (Å²) < 4.78 is 37.4. The summed E-state index contributed by atoms with van der Waals surface area (Å²) in [5.41, 5.74) is 0.983. The van der Waals surface area contributed by atoms with Crippen molar-refractivity contribution >= 4 is 0 Å². The van der Waals surface area contributed by atoms with Crippen molar-refractivity contribution in [2.75, 3.05) is 0 Å². The van der Waals surface area contributed by atoms with E-state index in [1.54, 1.807) is 12.4 Å². The molecule has 0 saturated heterocycles. The molecule has 2 aromatic heterocycles. The Balaban J connectivity index is 2.19. The van der Waals surface area contributed by atoms with Crippen molar-refractivity contribution in [1.82, 2.24) is 9.97 Å². The maximum absolute atomic E-state index is 12.5. The number of halogens is 3. The van der Waals surface area contributed by atoms with Crippen molar-refractivity contribution in [2.24, 2.45) is 0 Å². The van der Waals surface area contributed by atoms with Crippen LogP contribution in [0.3, 0.4) is 0 Å². The van der Waals surface area contributed by atoms with Gasteiger partial charge in [0.25, 0.3) is 0 Å². The van der Waals surface area contributed by atoms with E-state index >= 15 is 0 Å². The van der Waals surface area contributed by atoms with Gasteiger partial charge in [0.1, 0.15) is 5.69 Å². The van der Waals surface area contributed by atoms with Crippen LogP contribution >= 0.6 is 0 Å². The van der Waals surface area contributed by atoms with Gasteiger partial charge in [-0.3, -0.25) is 9.97 Å². The van der Waals surface area contributed by atoms with Crippen LogP contribution in [-0.4, -0.2) is 9.97 Å². The average Bonchev–Trinajstić information content (AvgIpc) is 2.46. The molecule has 0 saturated carbocycles. The van der Waals surface area contributed by atoms with Crippen LogP contribution in [0.2, 0.25) is 0 Å². The van der Waals surface area contributed by atoms with Gasteiger partial charge in [0, 0.05) is 18.6 Å². The lowest BCUT2D eigenvalue weighted by molar-refractivity contribution is -0.141. The van der Waals surface area contributed by atoms with E-state index in [1.165, 1.54) is 12.3 Å². The molecule has 0 aliphatic rings. The minimum absolute atomic E-state index is 0.0639. The second-order valence-electron chi connectivity index (χ2n) is 4.84. The maximum Gasteiger partial charge on any atom is 0.433 e. The molecular weight excluding hydrogens is 265 g/mol. The van der Waals surface area contributed by atoms with Crippen LogP contribution in [0.4, 0.5) is 13.2 Å². The molecule has 2 unspecified atom stereocenters. The third kappa shape index (κ3) is 3.15. The Labute approximate surface area is 115 Å². The fourth-order valence-electron chi connectivity index (χ4n) is 2.07. The Morgan fingerprint density at radius 3 is 2.05 bits per heavy atom. The van der Waals surface area contributed by atoms with Crippen LogP contribution in [0.5, 0.6) is 0 Å². The molecule has 0 bridgehead atoms. The Morgan fingerprint density at radius 1 is 0.950 bits per heavy atom. The lowest BCUT2D eigenvalue weighted by Gasteiger charge is -2.20. The molecule has 0 N–H and O–H groups in total. The first-order chi connectivity index (χ1) is 9.39. The van der Waals surface area contributed by atoms with Gasteiger partial charge in [0.2, 0.25) is 0 Å². The second-order valence-corrected chi connectivity index (χ2v) is 4.84. The van der Waals surface area contributed by atoms with E-state index in [0.29, 0.717) is 0 Å². The first-order valence-corrected chi connectivity index (χ1v) is 6.32. The van der Waals surface area contributed by atoms with Crippen LogP contribution in [0, 0.1) is 0 Å². The zero-order chi connectivity index (χ0) is 14.8.